The minimum atomic E-state index is -0.634. The Morgan fingerprint density at radius 1 is 1.06 bits per heavy atom. The Labute approximate surface area is 211 Å². The molecule has 4 aromatic heterocycles. The number of esters is 1. The zero-order valence-electron chi connectivity index (χ0n) is 19.3. The minimum Gasteiger partial charge on any atom is -0.451 e. The number of nitrogens with zero attached hydrogens (tertiary/aromatic N) is 3. The molecule has 8 heteroatoms. The van der Waals surface area contributed by atoms with Gasteiger partial charge in [0.1, 0.15) is 11.3 Å². The lowest BCUT2D eigenvalue weighted by molar-refractivity contribution is -0.136. The zero-order chi connectivity index (χ0) is 24.5. The van der Waals surface area contributed by atoms with E-state index >= 15 is 0 Å². The average molecular weight is 495 g/mol. The van der Waals surface area contributed by atoms with Gasteiger partial charge in [-0.2, -0.15) is 0 Å². The number of fused-ring (bicyclic) bond motifs is 2. The molecule has 36 heavy (non-hydrogen) atoms. The van der Waals surface area contributed by atoms with Gasteiger partial charge in [0.2, 0.25) is 0 Å². The molecular weight excluding hydrogens is 472 g/mol. The normalized spacial score (nSPS) is 15.0. The smallest absolute Gasteiger partial charge is 0.357 e. The third-order valence-corrected chi connectivity index (χ3v) is 7.43. The van der Waals surface area contributed by atoms with Crippen LogP contribution in [0.1, 0.15) is 32.5 Å². The number of hydrogen-bond acceptors (Lipinski definition) is 6. The van der Waals surface area contributed by atoms with E-state index in [-0.39, 0.29) is 24.2 Å². The van der Waals surface area contributed by atoms with Crippen molar-refractivity contribution in [2.75, 3.05) is 13.2 Å². The highest BCUT2D eigenvalue weighted by Gasteiger charge is 2.33. The molecule has 6 rings (SSSR count). The number of rotatable bonds is 5. The molecule has 1 aromatic carbocycles. The highest BCUT2D eigenvalue weighted by atomic mass is 32.1. The van der Waals surface area contributed by atoms with E-state index < -0.39 is 5.97 Å². The van der Waals surface area contributed by atoms with Gasteiger partial charge < -0.3 is 14.6 Å². The van der Waals surface area contributed by atoms with Crippen molar-refractivity contribution in [3.8, 4) is 11.1 Å². The van der Waals surface area contributed by atoms with E-state index in [2.05, 4.69) is 26.4 Å². The fraction of sp³-hybridized carbons (Fsp3) is 0.143. The Hall–Kier alpha value is -4.30. The van der Waals surface area contributed by atoms with E-state index in [1.807, 2.05) is 54.7 Å². The van der Waals surface area contributed by atoms with E-state index in [9.17, 15) is 9.59 Å². The third kappa shape index (κ3) is 4.16. The van der Waals surface area contributed by atoms with E-state index in [4.69, 9.17) is 4.74 Å². The van der Waals surface area contributed by atoms with Crippen LogP contribution in [0.4, 0.5) is 0 Å². The predicted octanol–water partition coefficient (Wildman–Crippen LogP) is 5.02. The lowest BCUT2D eigenvalue weighted by Crippen LogP contribution is -2.42. The number of aromatic nitrogens is 3. The summed E-state index contributed by atoms with van der Waals surface area (Å²) in [5.41, 5.74) is 4.78. The molecule has 0 saturated heterocycles. The molecule has 0 spiro atoms. The number of benzene rings is 1. The maximum atomic E-state index is 13.3. The van der Waals surface area contributed by atoms with Crippen LogP contribution in [0.3, 0.4) is 0 Å². The van der Waals surface area contributed by atoms with Crippen molar-refractivity contribution >= 4 is 34.2 Å². The van der Waals surface area contributed by atoms with Gasteiger partial charge >= 0.3 is 5.97 Å². The van der Waals surface area contributed by atoms with Crippen molar-refractivity contribution in [1.29, 1.82) is 0 Å². The number of carbonyl (C=O) groups is 2. The molecule has 0 bridgehead atoms. The summed E-state index contributed by atoms with van der Waals surface area (Å²) in [6.45, 7) is 0.232. The van der Waals surface area contributed by atoms with Gasteiger partial charge in [-0.05, 0) is 58.8 Å². The van der Waals surface area contributed by atoms with Gasteiger partial charge in [-0.3, -0.25) is 4.79 Å². The predicted molar refractivity (Wildman–Crippen MR) is 138 cm³/mol. The van der Waals surface area contributed by atoms with Gasteiger partial charge in [-0.25, -0.2) is 14.8 Å². The minimum absolute atomic E-state index is 0.146. The molecule has 5 heterocycles. The van der Waals surface area contributed by atoms with Gasteiger partial charge in [0.25, 0.3) is 5.91 Å². The number of H-pyrrole nitrogens is 1. The van der Waals surface area contributed by atoms with Gasteiger partial charge in [-0.15, -0.1) is 11.3 Å². The topological polar surface area (TPSA) is 88.2 Å². The summed E-state index contributed by atoms with van der Waals surface area (Å²) in [4.78, 5) is 40.8. The fourth-order valence-corrected chi connectivity index (χ4v) is 5.59. The van der Waals surface area contributed by atoms with Crippen LogP contribution in [0.2, 0.25) is 0 Å². The van der Waals surface area contributed by atoms with Crippen LogP contribution in [0.25, 0.3) is 22.2 Å². The van der Waals surface area contributed by atoms with Gasteiger partial charge in [0.05, 0.1) is 6.04 Å². The van der Waals surface area contributed by atoms with Crippen molar-refractivity contribution < 1.29 is 14.3 Å². The van der Waals surface area contributed by atoms with Crippen LogP contribution in [0.15, 0.2) is 84.6 Å². The molecule has 0 fully saturated rings. The molecular formula is C28H22N4O3S. The quantitative estimate of drug-likeness (QED) is 0.347. The molecule has 1 aliphatic heterocycles. The molecule has 0 radical (unpaired) electrons. The first kappa shape index (κ1) is 22.2. The second kappa shape index (κ2) is 9.39. The van der Waals surface area contributed by atoms with E-state index in [0.29, 0.717) is 6.54 Å². The maximum Gasteiger partial charge on any atom is 0.357 e. The molecule has 1 atom stereocenters. The number of ether oxygens (including phenoxy) is 1. The lowest BCUT2D eigenvalue weighted by atomic mass is 9.93. The Balaban J connectivity index is 1.18. The summed E-state index contributed by atoms with van der Waals surface area (Å²) in [5, 5.41) is 3.04. The molecule has 0 saturated carbocycles. The molecule has 5 aromatic rings. The molecule has 1 aliphatic rings. The van der Waals surface area contributed by atoms with Crippen molar-refractivity contribution in [3.63, 3.8) is 0 Å². The van der Waals surface area contributed by atoms with Crippen molar-refractivity contribution in [3.05, 3.63) is 106 Å². The molecule has 0 aliphatic carbocycles. The Morgan fingerprint density at radius 3 is 2.83 bits per heavy atom. The Bertz CT molecular complexity index is 1560. The number of amides is 1. The van der Waals surface area contributed by atoms with Crippen molar-refractivity contribution in [2.24, 2.45) is 0 Å². The Morgan fingerprint density at radius 2 is 1.94 bits per heavy atom. The summed E-state index contributed by atoms with van der Waals surface area (Å²) in [6.07, 6.45) is 5.92. The van der Waals surface area contributed by atoms with Crippen LogP contribution < -0.4 is 0 Å². The first-order valence-corrected chi connectivity index (χ1v) is 12.5. The molecule has 178 valence electrons. The van der Waals surface area contributed by atoms with Crippen molar-refractivity contribution in [2.45, 2.75) is 12.5 Å². The highest BCUT2D eigenvalue weighted by Crippen LogP contribution is 2.37. The average Bonchev–Trinajstić information content (AvgIpc) is 3.60. The van der Waals surface area contributed by atoms with Crippen LogP contribution in [-0.4, -0.2) is 44.9 Å². The second-order valence-electron chi connectivity index (χ2n) is 8.59. The summed E-state index contributed by atoms with van der Waals surface area (Å²) >= 11 is 1.72. The first-order valence-electron chi connectivity index (χ1n) is 11.6. The van der Waals surface area contributed by atoms with E-state index in [1.54, 1.807) is 34.7 Å². The number of nitrogens with one attached hydrogen (secondary N) is 1. The molecule has 1 N–H and O–H groups in total. The second-order valence-corrected chi connectivity index (χ2v) is 9.60. The molecule has 1 unspecified atom stereocenters. The summed E-state index contributed by atoms with van der Waals surface area (Å²) in [6, 6.07) is 19.3. The largest absolute Gasteiger partial charge is 0.451 e. The SMILES string of the molecule is O=C(OCC(=O)N1CCc2sccc2C1c1ccccc1)c1cc(-c2cnc3[nH]ccc3c2)ccn1. The maximum absolute atomic E-state index is 13.3. The standard InChI is InChI=1S/C28H22N4O3S/c33-25(32-12-8-24-22(9-13-36-24)26(32)18-4-2-1-3-5-18)17-35-28(34)23-15-19(6-10-29-23)21-14-20-7-11-30-27(20)31-16-21/h1-7,9-11,13-16,26H,8,12,17H2,(H,30,31). The van der Waals surface area contributed by atoms with E-state index in [0.717, 1.165) is 39.7 Å². The fourth-order valence-electron chi connectivity index (χ4n) is 4.68. The lowest BCUT2D eigenvalue weighted by Gasteiger charge is -2.36. The summed E-state index contributed by atoms with van der Waals surface area (Å²) < 4.78 is 5.43. The zero-order valence-corrected chi connectivity index (χ0v) is 20.1. The van der Waals surface area contributed by atoms with Crippen molar-refractivity contribution in [1.82, 2.24) is 19.9 Å². The van der Waals surface area contributed by atoms with E-state index in [1.165, 1.54) is 4.88 Å². The summed E-state index contributed by atoms with van der Waals surface area (Å²) in [7, 11) is 0. The Kier molecular flexibility index (Phi) is 5.79. The number of thiophene rings is 1. The molecule has 7 nitrogen and oxygen atoms in total. The number of hydrogen-bond donors (Lipinski definition) is 1. The highest BCUT2D eigenvalue weighted by molar-refractivity contribution is 7.10. The molecule has 1 amide bonds. The number of pyridine rings is 2. The summed E-state index contributed by atoms with van der Waals surface area (Å²) in [5.74, 6) is -0.863. The van der Waals surface area contributed by atoms with Gasteiger partial charge in [0.15, 0.2) is 6.61 Å². The monoisotopic (exact) mass is 494 g/mol. The van der Waals surface area contributed by atoms with Crippen LogP contribution >= 0.6 is 11.3 Å². The van der Waals surface area contributed by atoms with Crippen LogP contribution in [0.5, 0.6) is 0 Å². The van der Waals surface area contributed by atoms with Crippen LogP contribution in [-0.2, 0) is 16.0 Å². The van der Waals surface area contributed by atoms with Gasteiger partial charge in [-0.1, -0.05) is 30.3 Å². The number of aromatic amines is 1. The number of carbonyl (C=O) groups excluding carboxylic acids is 2. The first-order chi connectivity index (χ1) is 17.7. The van der Waals surface area contributed by atoms with Gasteiger partial charge in [0, 0.05) is 41.0 Å². The third-order valence-electron chi connectivity index (χ3n) is 6.43. The van der Waals surface area contributed by atoms with Crippen LogP contribution in [0, 0.1) is 0 Å².